The van der Waals surface area contributed by atoms with Crippen LogP contribution in [0.1, 0.15) is 33.3 Å². The van der Waals surface area contributed by atoms with Crippen LogP contribution in [-0.2, 0) is 26.2 Å². The summed E-state index contributed by atoms with van der Waals surface area (Å²) in [6, 6.07) is 12.7. The molecular formula is C25H35N3O6S. The lowest BCUT2D eigenvalue weighted by atomic mass is 10.1. The molecule has 192 valence electrons. The molecule has 0 spiro atoms. The number of sulfonamides is 1. The van der Waals surface area contributed by atoms with Crippen molar-refractivity contribution < 1.29 is 27.5 Å². The van der Waals surface area contributed by atoms with E-state index in [0.29, 0.717) is 11.5 Å². The van der Waals surface area contributed by atoms with Crippen molar-refractivity contribution in [2.75, 3.05) is 31.3 Å². The van der Waals surface area contributed by atoms with E-state index in [2.05, 4.69) is 5.32 Å². The van der Waals surface area contributed by atoms with Gasteiger partial charge in [-0.05, 0) is 57.5 Å². The van der Waals surface area contributed by atoms with E-state index >= 15 is 0 Å². The van der Waals surface area contributed by atoms with Gasteiger partial charge in [0.25, 0.3) is 0 Å². The fourth-order valence-electron chi connectivity index (χ4n) is 3.36. The Labute approximate surface area is 208 Å². The lowest BCUT2D eigenvalue weighted by Gasteiger charge is -2.33. The van der Waals surface area contributed by atoms with Gasteiger partial charge in [-0.1, -0.05) is 18.2 Å². The Bertz CT molecular complexity index is 1130. The molecule has 2 aromatic rings. The topological polar surface area (TPSA) is 105 Å². The van der Waals surface area contributed by atoms with Crippen molar-refractivity contribution in [2.24, 2.45) is 0 Å². The largest absolute Gasteiger partial charge is 0.497 e. The van der Waals surface area contributed by atoms with Crippen LogP contribution >= 0.6 is 0 Å². The van der Waals surface area contributed by atoms with Gasteiger partial charge in [0.15, 0.2) is 0 Å². The predicted octanol–water partition coefficient (Wildman–Crippen LogP) is 2.80. The van der Waals surface area contributed by atoms with Gasteiger partial charge in [0.05, 0.1) is 26.2 Å². The number of carbonyl (C=O) groups excluding carboxylic acids is 2. The quantitative estimate of drug-likeness (QED) is 0.532. The second-order valence-electron chi connectivity index (χ2n) is 9.26. The van der Waals surface area contributed by atoms with Crippen molar-refractivity contribution in [1.82, 2.24) is 10.2 Å². The van der Waals surface area contributed by atoms with Gasteiger partial charge >= 0.3 is 0 Å². The first-order valence-electron chi connectivity index (χ1n) is 11.1. The van der Waals surface area contributed by atoms with Crippen molar-refractivity contribution in [3.63, 3.8) is 0 Å². The van der Waals surface area contributed by atoms with Gasteiger partial charge in [0.1, 0.15) is 24.1 Å². The number of carbonyl (C=O) groups is 2. The number of hydrogen-bond acceptors (Lipinski definition) is 6. The number of nitrogens with one attached hydrogen (secondary N) is 1. The first-order valence-corrected chi connectivity index (χ1v) is 13.0. The highest BCUT2D eigenvalue weighted by Crippen LogP contribution is 2.24. The monoisotopic (exact) mass is 505 g/mol. The van der Waals surface area contributed by atoms with Gasteiger partial charge in [-0.15, -0.1) is 0 Å². The smallest absolute Gasteiger partial charge is 0.244 e. The third kappa shape index (κ3) is 8.17. The Balaban J connectivity index is 2.41. The minimum absolute atomic E-state index is 0.108. The van der Waals surface area contributed by atoms with Crippen LogP contribution in [0.2, 0.25) is 0 Å². The molecule has 0 heterocycles. The third-order valence-electron chi connectivity index (χ3n) is 5.20. The summed E-state index contributed by atoms with van der Waals surface area (Å²) >= 11 is 0. The van der Waals surface area contributed by atoms with Gasteiger partial charge in [-0.2, -0.15) is 0 Å². The number of nitrogens with zero attached hydrogens (tertiary/aromatic N) is 2. The number of rotatable bonds is 10. The normalized spacial score (nSPS) is 12.4. The van der Waals surface area contributed by atoms with Crippen molar-refractivity contribution in [2.45, 2.75) is 45.8 Å². The van der Waals surface area contributed by atoms with Crippen LogP contribution in [-0.4, -0.2) is 63.7 Å². The molecule has 9 nitrogen and oxygen atoms in total. The van der Waals surface area contributed by atoms with E-state index in [-0.39, 0.29) is 18.1 Å². The van der Waals surface area contributed by atoms with Crippen LogP contribution in [0.15, 0.2) is 48.5 Å². The molecule has 0 fully saturated rings. The molecular weight excluding hydrogens is 470 g/mol. The molecule has 2 aromatic carbocycles. The van der Waals surface area contributed by atoms with E-state index in [1.54, 1.807) is 56.5 Å². The molecule has 0 unspecified atom stereocenters. The first kappa shape index (κ1) is 28.0. The van der Waals surface area contributed by atoms with Crippen LogP contribution in [0.5, 0.6) is 11.5 Å². The number of anilines is 1. The molecule has 0 aliphatic carbocycles. The summed E-state index contributed by atoms with van der Waals surface area (Å²) in [7, 11) is -0.784. The lowest BCUT2D eigenvalue weighted by Crippen LogP contribution is -2.54. The van der Waals surface area contributed by atoms with E-state index in [9.17, 15) is 18.0 Å². The predicted molar refractivity (Wildman–Crippen MR) is 136 cm³/mol. The highest BCUT2D eigenvalue weighted by molar-refractivity contribution is 7.92. The maximum absolute atomic E-state index is 13.6. The van der Waals surface area contributed by atoms with Gasteiger partial charge in [-0.25, -0.2) is 8.42 Å². The average molecular weight is 506 g/mol. The summed E-state index contributed by atoms with van der Waals surface area (Å²) in [4.78, 5) is 27.9. The molecule has 0 aliphatic heterocycles. The molecule has 0 radical (unpaired) electrons. The van der Waals surface area contributed by atoms with E-state index in [0.717, 1.165) is 16.1 Å². The number of ether oxygens (including phenoxy) is 2. The summed E-state index contributed by atoms with van der Waals surface area (Å²) in [5.41, 5.74) is 0.553. The third-order valence-corrected chi connectivity index (χ3v) is 6.34. The number of hydrogen-bond donors (Lipinski definition) is 1. The Morgan fingerprint density at radius 2 is 1.60 bits per heavy atom. The number of benzene rings is 2. The summed E-state index contributed by atoms with van der Waals surface area (Å²) in [6.07, 6.45) is 1.03. The molecule has 1 atom stereocenters. The number of amides is 2. The summed E-state index contributed by atoms with van der Waals surface area (Å²) in [6.45, 7) is 6.80. The van der Waals surface area contributed by atoms with E-state index in [1.165, 1.54) is 18.1 Å². The van der Waals surface area contributed by atoms with Crippen LogP contribution in [0, 0.1) is 0 Å². The highest BCUT2D eigenvalue weighted by Gasteiger charge is 2.31. The van der Waals surface area contributed by atoms with E-state index < -0.39 is 34.1 Å². The van der Waals surface area contributed by atoms with E-state index in [1.807, 2.05) is 20.8 Å². The Morgan fingerprint density at radius 3 is 2.11 bits per heavy atom. The Hall–Kier alpha value is -3.27. The molecule has 0 aromatic heterocycles. The highest BCUT2D eigenvalue weighted by atomic mass is 32.2. The van der Waals surface area contributed by atoms with Crippen LogP contribution in [0.3, 0.4) is 0 Å². The van der Waals surface area contributed by atoms with Crippen LogP contribution in [0.25, 0.3) is 0 Å². The minimum Gasteiger partial charge on any atom is -0.497 e. The molecule has 2 amide bonds. The standard InChI is InChI=1S/C25H35N3O6S/c1-18(24(30)26-25(2,3)4)27(16-19-11-13-21(33-5)14-12-19)23(29)17-28(35(7,31)32)20-9-8-10-22(15-20)34-6/h8-15,18H,16-17H2,1-7H3,(H,26,30)/t18-/m1/s1. The van der Waals surface area contributed by atoms with Gasteiger partial charge in [0.2, 0.25) is 21.8 Å². The van der Waals surface area contributed by atoms with Gasteiger partial charge < -0.3 is 19.7 Å². The maximum Gasteiger partial charge on any atom is 0.244 e. The Morgan fingerprint density at radius 1 is 1.00 bits per heavy atom. The van der Waals surface area contributed by atoms with Crippen molar-refractivity contribution >= 4 is 27.5 Å². The van der Waals surface area contributed by atoms with Gasteiger partial charge in [-0.3, -0.25) is 13.9 Å². The van der Waals surface area contributed by atoms with Crippen molar-refractivity contribution in [1.29, 1.82) is 0 Å². The van der Waals surface area contributed by atoms with Gasteiger partial charge in [0, 0.05) is 18.2 Å². The molecule has 35 heavy (non-hydrogen) atoms. The van der Waals surface area contributed by atoms with E-state index in [4.69, 9.17) is 9.47 Å². The fourth-order valence-corrected chi connectivity index (χ4v) is 4.21. The molecule has 0 saturated carbocycles. The van der Waals surface area contributed by atoms with Crippen LogP contribution in [0.4, 0.5) is 5.69 Å². The molecule has 0 aliphatic rings. The molecule has 0 saturated heterocycles. The first-order chi connectivity index (χ1) is 16.2. The second-order valence-corrected chi connectivity index (χ2v) is 11.2. The lowest BCUT2D eigenvalue weighted by molar-refractivity contribution is -0.140. The molecule has 10 heteroatoms. The zero-order valence-electron chi connectivity index (χ0n) is 21.4. The minimum atomic E-state index is -3.81. The Kier molecular flexibility index (Phi) is 9.14. The van der Waals surface area contributed by atoms with Crippen LogP contribution < -0.4 is 19.1 Å². The maximum atomic E-state index is 13.6. The molecule has 0 bridgehead atoms. The summed E-state index contributed by atoms with van der Waals surface area (Å²) in [5.74, 6) is 0.250. The van der Waals surface area contributed by atoms with Crippen molar-refractivity contribution in [3.8, 4) is 11.5 Å². The zero-order chi connectivity index (χ0) is 26.4. The van der Waals surface area contributed by atoms with Crippen molar-refractivity contribution in [3.05, 3.63) is 54.1 Å². The second kappa shape index (κ2) is 11.4. The number of methoxy groups -OCH3 is 2. The molecule has 1 N–H and O–H groups in total. The molecule has 2 rings (SSSR count). The summed E-state index contributed by atoms with van der Waals surface area (Å²) < 4.78 is 36.7. The zero-order valence-corrected chi connectivity index (χ0v) is 22.2. The SMILES string of the molecule is COc1ccc(CN(C(=O)CN(c2cccc(OC)c2)S(C)(=O)=O)[C@H](C)C(=O)NC(C)(C)C)cc1. The summed E-state index contributed by atoms with van der Waals surface area (Å²) in [5, 5.41) is 2.89. The fraction of sp³-hybridized carbons (Fsp3) is 0.440. The average Bonchev–Trinajstić information content (AvgIpc) is 2.78.